The molecule has 2 nitrogen and oxygen atoms in total. The van der Waals surface area contributed by atoms with Crippen LogP contribution in [0.2, 0.25) is 0 Å². The topological polar surface area (TPSA) is 18.5 Å². The molecule has 0 aromatic heterocycles. The number of hydrogen-bond acceptors (Lipinski definition) is 2. The minimum Gasteiger partial charge on any atom is -0.490 e. The van der Waals surface area contributed by atoms with E-state index in [-0.39, 0.29) is 11.3 Å². The number of halogens is 3. The molecule has 3 aromatic carbocycles. The minimum atomic E-state index is -3.06. The van der Waals surface area contributed by atoms with Gasteiger partial charge in [-0.3, -0.25) is 0 Å². The Bertz CT molecular complexity index is 995. The van der Waals surface area contributed by atoms with Crippen molar-refractivity contribution in [2.24, 2.45) is 0 Å². The molecular weight excluding hydrogens is 377 g/mol. The summed E-state index contributed by atoms with van der Waals surface area (Å²) in [7, 11) is 0. The van der Waals surface area contributed by atoms with E-state index in [0.29, 0.717) is 28.7 Å². The first kappa shape index (κ1) is 20.8. The maximum absolute atomic E-state index is 15.4. The molecule has 0 bridgehead atoms. The Morgan fingerprint density at radius 1 is 1.03 bits per heavy atom. The molecule has 0 aliphatic heterocycles. The highest BCUT2D eigenvalue weighted by Crippen LogP contribution is 2.39. The molecule has 0 amide bonds. The van der Waals surface area contributed by atoms with E-state index >= 15 is 4.39 Å². The van der Waals surface area contributed by atoms with Crippen LogP contribution in [0.15, 0.2) is 60.7 Å². The second-order valence-electron chi connectivity index (χ2n) is 6.65. The van der Waals surface area contributed by atoms with Gasteiger partial charge in [0.1, 0.15) is 23.9 Å². The predicted molar refractivity (Wildman–Crippen MR) is 110 cm³/mol. The Morgan fingerprint density at radius 3 is 2.45 bits per heavy atom. The van der Waals surface area contributed by atoms with Gasteiger partial charge in [-0.05, 0) is 54.1 Å². The van der Waals surface area contributed by atoms with Crippen LogP contribution in [-0.4, -0.2) is 13.2 Å². The van der Waals surface area contributed by atoms with E-state index in [1.807, 2.05) is 31.2 Å². The van der Waals surface area contributed by atoms with Gasteiger partial charge in [0.05, 0.1) is 5.56 Å². The average molecular weight is 400 g/mol. The smallest absolute Gasteiger partial charge is 0.387 e. The van der Waals surface area contributed by atoms with Gasteiger partial charge in [0.25, 0.3) is 0 Å². The van der Waals surface area contributed by atoms with Crippen molar-refractivity contribution >= 4 is 10.8 Å². The van der Waals surface area contributed by atoms with Gasteiger partial charge in [-0.15, -0.1) is 0 Å². The zero-order valence-corrected chi connectivity index (χ0v) is 16.4. The highest BCUT2D eigenvalue weighted by molar-refractivity contribution is 5.92. The Balaban J connectivity index is 2.09. The molecule has 0 radical (unpaired) electrons. The lowest BCUT2D eigenvalue weighted by molar-refractivity contribution is -0.0494. The van der Waals surface area contributed by atoms with E-state index in [0.717, 1.165) is 18.4 Å². The SMILES string of the molecule is CC=CCOc1ccc2c(F)c(-c3ccc(CCC)cc3)c(OC(F)F)cc2c1. The molecule has 0 heterocycles. The molecule has 0 spiro atoms. The molecule has 0 aliphatic rings. The molecule has 0 saturated carbocycles. The molecule has 0 saturated heterocycles. The zero-order chi connectivity index (χ0) is 20.8. The molecule has 0 atom stereocenters. The third kappa shape index (κ3) is 4.91. The second-order valence-corrected chi connectivity index (χ2v) is 6.65. The summed E-state index contributed by atoms with van der Waals surface area (Å²) in [4.78, 5) is 0. The molecule has 152 valence electrons. The van der Waals surface area contributed by atoms with Crippen LogP contribution in [0.4, 0.5) is 13.2 Å². The molecule has 0 aliphatic carbocycles. The third-order valence-corrected chi connectivity index (χ3v) is 4.59. The molecular formula is C24H23F3O2. The number of benzene rings is 3. The van der Waals surface area contributed by atoms with Gasteiger partial charge in [-0.2, -0.15) is 8.78 Å². The van der Waals surface area contributed by atoms with Crippen molar-refractivity contribution in [3.05, 3.63) is 72.1 Å². The molecule has 3 rings (SSSR count). The normalized spacial score (nSPS) is 11.5. The molecule has 0 N–H and O–H groups in total. The van der Waals surface area contributed by atoms with Crippen LogP contribution in [0, 0.1) is 5.82 Å². The number of hydrogen-bond donors (Lipinski definition) is 0. The summed E-state index contributed by atoms with van der Waals surface area (Å²) in [5, 5.41) is 0.750. The lowest BCUT2D eigenvalue weighted by atomic mass is 9.97. The summed E-state index contributed by atoms with van der Waals surface area (Å²) < 4.78 is 51.7. The first-order valence-electron chi connectivity index (χ1n) is 9.57. The Labute approximate surface area is 168 Å². The highest BCUT2D eigenvalue weighted by Gasteiger charge is 2.19. The first-order valence-corrected chi connectivity index (χ1v) is 9.57. The lowest BCUT2D eigenvalue weighted by Gasteiger charge is -2.15. The number of fused-ring (bicyclic) bond motifs is 1. The fourth-order valence-corrected chi connectivity index (χ4v) is 3.23. The highest BCUT2D eigenvalue weighted by atomic mass is 19.3. The van der Waals surface area contributed by atoms with Crippen molar-refractivity contribution < 1.29 is 22.6 Å². The van der Waals surface area contributed by atoms with E-state index in [9.17, 15) is 8.78 Å². The summed E-state index contributed by atoms with van der Waals surface area (Å²) in [6.45, 7) is 1.26. The van der Waals surface area contributed by atoms with Crippen molar-refractivity contribution in [3.63, 3.8) is 0 Å². The van der Waals surface area contributed by atoms with E-state index in [2.05, 4.69) is 11.7 Å². The standard InChI is InChI=1S/C24H23F3O2/c1-3-5-13-28-19-11-12-20-18(14-19)15-21(29-24(26)27)22(23(20)25)17-9-7-16(6-4-2)8-10-17/h3,5,7-12,14-15,24H,4,6,13H2,1-2H3. The number of rotatable bonds is 8. The van der Waals surface area contributed by atoms with E-state index < -0.39 is 12.4 Å². The van der Waals surface area contributed by atoms with Gasteiger partial charge in [-0.1, -0.05) is 49.8 Å². The largest absolute Gasteiger partial charge is 0.490 e. The number of ether oxygens (including phenoxy) is 2. The van der Waals surface area contributed by atoms with E-state index in [1.54, 1.807) is 30.3 Å². The number of allylic oxidation sites excluding steroid dienone is 1. The summed E-state index contributed by atoms with van der Waals surface area (Å²) in [6, 6.07) is 13.5. The van der Waals surface area contributed by atoms with Gasteiger partial charge in [-0.25, -0.2) is 4.39 Å². The molecule has 29 heavy (non-hydrogen) atoms. The van der Waals surface area contributed by atoms with Crippen molar-refractivity contribution in [3.8, 4) is 22.6 Å². The van der Waals surface area contributed by atoms with Crippen molar-refractivity contribution in [1.29, 1.82) is 0 Å². The van der Waals surface area contributed by atoms with Crippen LogP contribution in [0.25, 0.3) is 21.9 Å². The average Bonchev–Trinajstić information content (AvgIpc) is 2.69. The molecule has 5 heteroatoms. The minimum absolute atomic E-state index is 0.0310. The van der Waals surface area contributed by atoms with Crippen LogP contribution in [0.3, 0.4) is 0 Å². The van der Waals surface area contributed by atoms with E-state index in [1.165, 1.54) is 6.07 Å². The Morgan fingerprint density at radius 2 is 1.79 bits per heavy atom. The number of aryl methyl sites for hydroxylation is 1. The second kappa shape index (κ2) is 9.50. The van der Waals surface area contributed by atoms with Crippen LogP contribution < -0.4 is 9.47 Å². The lowest BCUT2D eigenvalue weighted by Crippen LogP contribution is -2.05. The maximum Gasteiger partial charge on any atom is 0.387 e. The molecule has 3 aromatic rings. The fourth-order valence-electron chi connectivity index (χ4n) is 3.23. The third-order valence-electron chi connectivity index (χ3n) is 4.59. The van der Waals surface area contributed by atoms with Crippen molar-refractivity contribution in [1.82, 2.24) is 0 Å². The van der Waals surface area contributed by atoms with Gasteiger partial charge in [0.15, 0.2) is 0 Å². The first-order chi connectivity index (χ1) is 14.0. The monoisotopic (exact) mass is 400 g/mol. The van der Waals surface area contributed by atoms with Gasteiger partial charge >= 0.3 is 6.61 Å². The van der Waals surface area contributed by atoms with Crippen LogP contribution in [0.1, 0.15) is 25.8 Å². The maximum atomic E-state index is 15.4. The Hall–Kier alpha value is -2.95. The Kier molecular flexibility index (Phi) is 6.81. The van der Waals surface area contributed by atoms with Crippen LogP contribution in [-0.2, 0) is 6.42 Å². The van der Waals surface area contributed by atoms with Gasteiger partial charge in [0.2, 0.25) is 0 Å². The van der Waals surface area contributed by atoms with Gasteiger partial charge < -0.3 is 9.47 Å². The molecule has 0 unspecified atom stereocenters. The summed E-state index contributed by atoms with van der Waals surface area (Å²) in [5.74, 6) is -0.269. The fraction of sp³-hybridized carbons (Fsp3) is 0.250. The quantitative estimate of drug-likeness (QED) is 0.374. The van der Waals surface area contributed by atoms with Crippen molar-refractivity contribution in [2.75, 3.05) is 6.61 Å². The van der Waals surface area contributed by atoms with Gasteiger partial charge in [0, 0.05) is 5.39 Å². The van der Waals surface area contributed by atoms with Crippen LogP contribution >= 0.6 is 0 Å². The number of alkyl halides is 2. The summed E-state index contributed by atoms with van der Waals surface area (Å²) >= 11 is 0. The van der Waals surface area contributed by atoms with E-state index in [4.69, 9.17) is 4.74 Å². The molecule has 0 fully saturated rings. The van der Waals surface area contributed by atoms with Crippen molar-refractivity contribution in [2.45, 2.75) is 33.3 Å². The zero-order valence-electron chi connectivity index (χ0n) is 16.4. The van der Waals surface area contributed by atoms with Crippen LogP contribution in [0.5, 0.6) is 11.5 Å². The summed E-state index contributed by atoms with van der Waals surface area (Å²) in [5.41, 5.74) is 1.63. The predicted octanol–water partition coefficient (Wildman–Crippen LogP) is 7.15. The summed E-state index contributed by atoms with van der Waals surface area (Å²) in [6.07, 6.45) is 5.58.